The summed E-state index contributed by atoms with van der Waals surface area (Å²) in [7, 11) is 0. The number of nitrogens with zero attached hydrogens (tertiary/aromatic N) is 3. The molecule has 0 bridgehead atoms. The van der Waals surface area contributed by atoms with Gasteiger partial charge in [-0.3, -0.25) is 0 Å². The molecular formula is C20H14FN3O3. The molecule has 2 aliphatic rings. The summed E-state index contributed by atoms with van der Waals surface area (Å²) in [4.78, 5) is 4.15. The number of imidazole rings is 1. The van der Waals surface area contributed by atoms with Gasteiger partial charge in [0.1, 0.15) is 11.4 Å². The molecule has 2 aromatic carbocycles. The Morgan fingerprint density at radius 3 is 2.89 bits per heavy atom. The van der Waals surface area contributed by atoms with Crippen LogP contribution in [0.25, 0.3) is 0 Å². The smallest absolute Gasteiger partial charge is 0.231 e. The Balaban J connectivity index is 1.60. The number of fused-ring (bicyclic) bond motifs is 2. The van der Waals surface area contributed by atoms with Gasteiger partial charge in [0.05, 0.1) is 35.9 Å². The maximum atomic E-state index is 14.6. The third kappa shape index (κ3) is 2.24. The van der Waals surface area contributed by atoms with Crippen LogP contribution in [0, 0.1) is 17.1 Å². The number of halogens is 1. The molecule has 3 heterocycles. The van der Waals surface area contributed by atoms with Gasteiger partial charge in [0, 0.05) is 12.0 Å². The summed E-state index contributed by atoms with van der Waals surface area (Å²) in [6.45, 7) is 0.147. The van der Waals surface area contributed by atoms with Gasteiger partial charge < -0.3 is 19.1 Å². The van der Waals surface area contributed by atoms with E-state index in [4.69, 9.17) is 14.7 Å². The van der Waals surface area contributed by atoms with Crippen LogP contribution in [0.2, 0.25) is 0 Å². The van der Waals surface area contributed by atoms with Crippen molar-refractivity contribution in [1.29, 1.82) is 5.26 Å². The SMILES string of the molecule is N#Cc1ccc([C@H]2C[C@](O)(c3ccc4c(c3)OCO4)c3cncn32)c(F)c1. The topological polar surface area (TPSA) is 80.3 Å². The quantitative estimate of drug-likeness (QED) is 0.757. The van der Waals surface area contributed by atoms with Crippen LogP contribution in [0.4, 0.5) is 4.39 Å². The second-order valence-electron chi connectivity index (χ2n) is 6.68. The van der Waals surface area contributed by atoms with Crippen molar-refractivity contribution in [2.24, 2.45) is 0 Å². The Hall–Kier alpha value is -3.37. The Kier molecular flexibility index (Phi) is 3.27. The van der Waals surface area contributed by atoms with E-state index in [1.807, 2.05) is 6.07 Å². The van der Waals surface area contributed by atoms with E-state index in [0.717, 1.165) is 0 Å². The zero-order valence-corrected chi connectivity index (χ0v) is 14.1. The highest BCUT2D eigenvalue weighted by Gasteiger charge is 2.46. The van der Waals surface area contributed by atoms with Gasteiger partial charge in [-0.2, -0.15) is 5.26 Å². The Bertz CT molecular complexity index is 1100. The Labute approximate surface area is 154 Å². The van der Waals surface area contributed by atoms with Crippen LogP contribution in [0.1, 0.15) is 34.8 Å². The lowest BCUT2D eigenvalue weighted by atomic mass is 9.86. The Morgan fingerprint density at radius 1 is 1.22 bits per heavy atom. The minimum atomic E-state index is -1.34. The van der Waals surface area contributed by atoms with Gasteiger partial charge in [0.25, 0.3) is 0 Å². The highest BCUT2D eigenvalue weighted by molar-refractivity contribution is 5.49. The molecule has 2 atom stereocenters. The average molecular weight is 363 g/mol. The predicted octanol–water partition coefficient (Wildman–Crippen LogP) is 2.85. The number of benzene rings is 2. The molecule has 6 nitrogen and oxygen atoms in total. The molecule has 1 N–H and O–H groups in total. The van der Waals surface area contributed by atoms with Crippen LogP contribution < -0.4 is 9.47 Å². The number of hydrogen-bond donors (Lipinski definition) is 1. The number of nitriles is 1. The first-order valence-corrected chi connectivity index (χ1v) is 8.44. The molecule has 5 rings (SSSR count). The fourth-order valence-corrected chi connectivity index (χ4v) is 3.90. The molecule has 3 aromatic rings. The zero-order valence-electron chi connectivity index (χ0n) is 14.1. The molecule has 27 heavy (non-hydrogen) atoms. The average Bonchev–Trinajstić information content (AvgIpc) is 3.39. The van der Waals surface area contributed by atoms with Crippen LogP contribution >= 0.6 is 0 Å². The largest absolute Gasteiger partial charge is 0.454 e. The lowest BCUT2D eigenvalue weighted by Crippen LogP contribution is -2.24. The second kappa shape index (κ2) is 5.56. The monoisotopic (exact) mass is 363 g/mol. The standard InChI is InChI=1S/C20H14FN3O3/c21-15-5-12(8-22)1-3-14(15)16-7-20(25,19-9-23-10-24(16)19)13-2-4-17-18(6-13)27-11-26-17/h1-6,9-10,16,25H,7,11H2/t16-,20+/m1/s1. The maximum absolute atomic E-state index is 14.6. The minimum Gasteiger partial charge on any atom is -0.454 e. The van der Waals surface area contributed by atoms with Crippen molar-refractivity contribution in [2.45, 2.75) is 18.1 Å². The van der Waals surface area contributed by atoms with Gasteiger partial charge >= 0.3 is 0 Å². The predicted molar refractivity (Wildman–Crippen MR) is 91.7 cm³/mol. The molecule has 0 fully saturated rings. The summed E-state index contributed by atoms with van der Waals surface area (Å²) < 4.78 is 27.2. The van der Waals surface area contributed by atoms with E-state index >= 15 is 0 Å². The lowest BCUT2D eigenvalue weighted by Gasteiger charge is -2.23. The molecule has 0 saturated heterocycles. The van der Waals surface area contributed by atoms with E-state index in [-0.39, 0.29) is 18.8 Å². The van der Waals surface area contributed by atoms with Crippen LogP contribution in [-0.2, 0) is 5.60 Å². The number of aromatic nitrogens is 2. The molecule has 134 valence electrons. The van der Waals surface area contributed by atoms with Crippen LogP contribution in [0.3, 0.4) is 0 Å². The van der Waals surface area contributed by atoms with Crippen LogP contribution in [0.5, 0.6) is 11.5 Å². The normalized spacial score (nSPS) is 22.5. The molecule has 1 aromatic heterocycles. The van der Waals surface area contributed by atoms with Crippen molar-refractivity contribution in [1.82, 2.24) is 9.55 Å². The van der Waals surface area contributed by atoms with Crippen LogP contribution in [0.15, 0.2) is 48.9 Å². The van der Waals surface area contributed by atoms with E-state index in [0.29, 0.717) is 28.3 Å². The van der Waals surface area contributed by atoms with E-state index in [2.05, 4.69) is 4.98 Å². The van der Waals surface area contributed by atoms with Crippen LogP contribution in [-0.4, -0.2) is 21.5 Å². The molecule has 0 radical (unpaired) electrons. The number of rotatable bonds is 2. The van der Waals surface area contributed by atoms with Gasteiger partial charge in [0.2, 0.25) is 6.79 Å². The first-order chi connectivity index (χ1) is 13.1. The summed E-state index contributed by atoms with van der Waals surface area (Å²) in [5, 5.41) is 20.5. The molecule has 0 unspecified atom stereocenters. The highest BCUT2D eigenvalue weighted by Crippen LogP contribution is 2.48. The fourth-order valence-electron chi connectivity index (χ4n) is 3.90. The van der Waals surface area contributed by atoms with Gasteiger partial charge in [-0.15, -0.1) is 0 Å². The van der Waals surface area contributed by atoms with E-state index in [9.17, 15) is 9.50 Å². The van der Waals surface area contributed by atoms with Gasteiger partial charge in [-0.1, -0.05) is 12.1 Å². The second-order valence-corrected chi connectivity index (χ2v) is 6.68. The van der Waals surface area contributed by atoms with E-state index in [1.54, 1.807) is 47.4 Å². The third-order valence-electron chi connectivity index (χ3n) is 5.25. The highest BCUT2D eigenvalue weighted by atomic mass is 19.1. The first-order valence-electron chi connectivity index (χ1n) is 8.44. The van der Waals surface area contributed by atoms with Crippen molar-refractivity contribution in [3.63, 3.8) is 0 Å². The molecule has 7 heteroatoms. The number of hydrogen-bond acceptors (Lipinski definition) is 5. The third-order valence-corrected chi connectivity index (χ3v) is 5.25. The number of aliphatic hydroxyl groups is 1. The van der Waals surface area contributed by atoms with Gasteiger partial charge in [0.15, 0.2) is 11.5 Å². The van der Waals surface area contributed by atoms with Crippen molar-refractivity contribution in [2.75, 3.05) is 6.79 Å². The molecule has 0 amide bonds. The molecular weight excluding hydrogens is 349 g/mol. The van der Waals surface area contributed by atoms with E-state index in [1.165, 1.54) is 6.07 Å². The first kappa shape index (κ1) is 15.9. The van der Waals surface area contributed by atoms with E-state index < -0.39 is 17.5 Å². The molecule has 0 aliphatic carbocycles. The Morgan fingerprint density at radius 2 is 2.07 bits per heavy atom. The number of ether oxygens (including phenoxy) is 2. The summed E-state index contributed by atoms with van der Waals surface area (Å²) in [5.41, 5.74) is 0.527. The van der Waals surface area contributed by atoms with Gasteiger partial charge in [-0.25, -0.2) is 9.37 Å². The van der Waals surface area contributed by atoms with Crippen molar-refractivity contribution >= 4 is 0 Å². The fraction of sp³-hybridized carbons (Fsp3) is 0.200. The summed E-state index contributed by atoms with van der Waals surface area (Å²) in [6, 6.07) is 11.2. The zero-order chi connectivity index (χ0) is 18.6. The molecule has 0 spiro atoms. The lowest BCUT2D eigenvalue weighted by molar-refractivity contribution is 0.0790. The van der Waals surface area contributed by atoms with Crippen molar-refractivity contribution < 1.29 is 19.0 Å². The van der Waals surface area contributed by atoms with Crippen molar-refractivity contribution in [3.8, 4) is 17.6 Å². The van der Waals surface area contributed by atoms with Crippen molar-refractivity contribution in [3.05, 3.63) is 77.1 Å². The molecule has 2 aliphatic heterocycles. The summed E-state index contributed by atoms with van der Waals surface area (Å²) >= 11 is 0. The maximum Gasteiger partial charge on any atom is 0.231 e. The molecule has 0 saturated carbocycles. The minimum absolute atomic E-state index is 0.147. The summed E-state index contributed by atoms with van der Waals surface area (Å²) in [5.74, 6) is 0.720. The summed E-state index contributed by atoms with van der Waals surface area (Å²) in [6.07, 6.45) is 3.42. The van der Waals surface area contributed by atoms with Gasteiger partial charge in [-0.05, 0) is 29.8 Å².